The van der Waals surface area contributed by atoms with Crippen molar-refractivity contribution in [2.24, 2.45) is 5.73 Å². The first kappa shape index (κ1) is 27.2. The average Bonchev–Trinajstić information content (AvgIpc) is 2.68. The van der Waals surface area contributed by atoms with Crippen LogP contribution in [0.4, 0.5) is 0 Å². The Morgan fingerprint density at radius 2 is 0.821 bits per heavy atom. The Morgan fingerprint density at radius 1 is 0.536 bits per heavy atom. The number of hydrogen-bond donors (Lipinski definition) is 1. The van der Waals surface area contributed by atoms with Crippen LogP contribution in [0.1, 0.15) is 148 Å². The molecule has 0 rings (SSSR count). The highest BCUT2D eigenvalue weighted by Gasteiger charge is 1.95. The second-order valence-corrected chi connectivity index (χ2v) is 8.66. The summed E-state index contributed by atoms with van der Waals surface area (Å²) in [5.74, 6) is -0.330. The van der Waals surface area contributed by atoms with Gasteiger partial charge in [-0.1, -0.05) is 141 Å². The van der Waals surface area contributed by atoms with E-state index in [1.54, 1.807) is 0 Å². The van der Waals surface area contributed by atoms with Gasteiger partial charge in [0.05, 0.1) is 0 Å². The number of allylic oxidation sites excluding steroid dienone is 1. The molecule has 0 saturated carbocycles. The maximum atomic E-state index is 10.6. The number of carbonyl (C=O) groups is 1. The van der Waals surface area contributed by atoms with Crippen molar-refractivity contribution in [3.05, 3.63) is 12.2 Å². The zero-order valence-electron chi connectivity index (χ0n) is 19.2. The number of rotatable bonds is 23. The molecule has 0 aromatic heterocycles. The second-order valence-electron chi connectivity index (χ2n) is 8.66. The molecule has 1 amide bonds. The quantitative estimate of drug-likeness (QED) is 0.137. The van der Waals surface area contributed by atoms with Crippen molar-refractivity contribution in [3.63, 3.8) is 0 Å². The molecule has 0 spiro atoms. The summed E-state index contributed by atoms with van der Waals surface area (Å²) in [6.45, 7) is 2.29. The lowest BCUT2D eigenvalue weighted by Crippen LogP contribution is -2.05. The van der Waals surface area contributed by atoms with Crippen LogP contribution in [0.5, 0.6) is 0 Å². The SMILES string of the molecule is CCCCCCCCCCCCCCCCCCCCCCCC=CC(N)=O. The molecule has 0 aliphatic heterocycles. The minimum Gasteiger partial charge on any atom is -0.366 e. The minimum atomic E-state index is -0.330. The largest absolute Gasteiger partial charge is 0.366 e. The fourth-order valence-electron chi connectivity index (χ4n) is 3.89. The van der Waals surface area contributed by atoms with Crippen LogP contribution in [0, 0.1) is 0 Å². The van der Waals surface area contributed by atoms with Crippen LogP contribution in [-0.2, 0) is 4.79 Å². The summed E-state index contributed by atoms with van der Waals surface area (Å²) in [6.07, 6.45) is 34.1. The fraction of sp³-hybridized carbons (Fsp3) is 0.885. The number of hydrogen-bond acceptors (Lipinski definition) is 1. The van der Waals surface area contributed by atoms with E-state index in [0.717, 1.165) is 6.42 Å². The number of unbranched alkanes of at least 4 members (excludes halogenated alkanes) is 21. The maximum absolute atomic E-state index is 10.6. The van der Waals surface area contributed by atoms with Crippen molar-refractivity contribution < 1.29 is 4.79 Å². The topological polar surface area (TPSA) is 43.1 Å². The molecule has 2 N–H and O–H groups in total. The molecule has 0 atom stereocenters. The number of primary amides is 1. The summed E-state index contributed by atoms with van der Waals surface area (Å²) in [4.78, 5) is 10.6. The third-order valence-corrected chi connectivity index (χ3v) is 5.76. The molecule has 0 aromatic carbocycles. The summed E-state index contributed by atoms with van der Waals surface area (Å²) in [5.41, 5.74) is 5.06. The smallest absolute Gasteiger partial charge is 0.241 e. The van der Waals surface area contributed by atoms with Crippen molar-refractivity contribution in [3.8, 4) is 0 Å². The molecule has 2 heteroatoms. The maximum Gasteiger partial charge on any atom is 0.241 e. The van der Waals surface area contributed by atoms with Crippen molar-refractivity contribution in [2.45, 2.75) is 148 Å². The molecule has 0 radical (unpaired) electrons. The van der Waals surface area contributed by atoms with Gasteiger partial charge in [0, 0.05) is 0 Å². The van der Waals surface area contributed by atoms with Gasteiger partial charge in [0.25, 0.3) is 0 Å². The van der Waals surface area contributed by atoms with Crippen molar-refractivity contribution in [1.82, 2.24) is 0 Å². The fourth-order valence-corrected chi connectivity index (χ4v) is 3.89. The Hall–Kier alpha value is -0.790. The van der Waals surface area contributed by atoms with Crippen molar-refractivity contribution in [1.29, 1.82) is 0 Å². The third kappa shape index (κ3) is 25.2. The van der Waals surface area contributed by atoms with E-state index >= 15 is 0 Å². The van der Waals surface area contributed by atoms with Crippen LogP contribution in [0.25, 0.3) is 0 Å². The standard InChI is InChI=1S/C26H51NO/c1-2-3-4-5-6-7-8-9-10-11-12-13-14-15-16-17-18-19-20-21-22-23-24-25-26(27)28/h24-25H,2-23H2,1H3,(H2,27,28). The Labute approximate surface area is 177 Å². The van der Waals surface area contributed by atoms with Gasteiger partial charge in [-0.3, -0.25) is 4.79 Å². The molecule has 0 fully saturated rings. The van der Waals surface area contributed by atoms with Crippen LogP contribution >= 0.6 is 0 Å². The summed E-state index contributed by atoms with van der Waals surface area (Å²) in [5, 5.41) is 0. The molecule has 0 bridgehead atoms. The molecular formula is C26H51NO. The van der Waals surface area contributed by atoms with Crippen LogP contribution in [-0.4, -0.2) is 5.91 Å². The van der Waals surface area contributed by atoms with Crippen LogP contribution in [0.15, 0.2) is 12.2 Å². The second kappa shape index (κ2) is 24.2. The van der Waals surface area contributed by atoms with Gasteiger partial charge in [-0.15, -0.1) is 0 Å². The van der Waals surface area contributed by atoms with E-state index in [1.165, 1.54) is 141 Å². The summed E-state index contributed by atoms with van der Waals surface area (Å²) in [6, 6.07) is 0. The lowest BCUT2D eigenvalue weighted by molar-refractivity contribution is -0.113. The summed E-state index contributed by atoms with van der Waals surface area (Å²) < 4.78 is 0. The van der Waals surface area contributed by atoms with Gasteiger partial charge < -0.3 is 5.73 Å². The average molecular weight is 394 g/mol. The number of nitrogens with two attached hydrogens (primary N) is 1. The van der Waals surface area contributed by atoms with E-state index < -0.39 is 0 Å². The molecule has 0 heterocycles. The summed E-state index contributed by atoms with van der Waals surface area (Å²) in [7, 11) is 0. The van der Waals surface area contributed by atoms with E-state index in [0.29, 0.717) is 0 Å². The summed E-state index contributed by atoms with van der Waals surface area (Å²) >= 11 is 0. The Bertz CT molecular complexity index is 337. The number of amides is 1. The Balaban J connectivity index is 3.02. The van der Waals surface area contributed by atoms with Gasteiger partial charge in [0.2, 0.25) is 5.91 Å². The van der Waals surface area contributed by atoms with Gasteiger partial charge in [0.15, 0.2) is 0 Å². The third-order valence-electron chi connectivity index (χ3n) is 5.76. The van der Waals surface area contributed by atoms with E-state index in [4.69, 9.17) is 5.73 Å². The molecule has 2 nitrogen and oxygen atoms in total. The Morgan fingerprint density at radius 3 is 1.11 bits per heavy atom. The van der Waals surface area contributed by atoms with E-state index in [1.807, 2.05) is 6.08 Å². The molecule has 28 heavy (non-hydrogen) atoms. The van der Waals surface area contributed by atoms with Gasteiger partial charge >= 0.3 is 0 Å². The lowest BCUT2D eigenvalue weighted by Gasteiger charge is -2.04. The zero-order valence-corrected chi connectivity index (χ0v) is 19.2. The van der Waals surface area contributed by atoms with E-state index in [2.05, 4.69) is 6.92 Å². The van der Waals surface area contributed by atoms with Crippen LogP contribution in [0.3, 0.4) is 0 Å². The van der Waals surface area contributed by atoms with Gasteiger partial charge in [-0.2, -0.15) is 0 Å². The number of carbonyl (C=O) groups excluding carboxylic acids is 1. The predicted molar refractivity (Wildman–Crippen MR) is 126 cm³/mol. The van der Waals surface area contributed by atoms with Gasteiger partial charge in [-0.25, -0.2) is 0 Å². The minimum absolute atomic E-state index is 0.330. The lowest BCUT2D eigenvalue weighted by atomic mass is 10.0. The molecule has 0 unspecified atom stereocenters. The van der Waals surface area contributed by atoms with Crippen molar-refractivity contribution >= 4 is 5.91 Å². The van der Waals surface area contributed by atoms with Gasteiger partial charge in [0.1, 0.15) is 0 Å². The van der Waals surface area contributed by atoms with E-state index in [9.17, 15) is 4.79 Å². The first-order chi connectivity index (χ1) is 13.8. The first-order valence-electron chi connectivity index (χ1n) is 12.7. The molecular weight excluding hydrogens is 342 g/mol. The monoisotopic (exact) mass is 393 g/mol. The Kier molecular flexibility index (Phi) is 23.6. The van der Waals surface area contributed by atoms with E-state index in [-0.39, 0.29) is 5.91 Å². The molecule has 0 aromatic rings. The van der Waals surface area contributed by atoms with Crippen molar-refractivity contribution in [2.75, 3.05) is 0 Å². The normalized spacial score (nSPS) is 11.5. The molecule has 0 aliphatic carbocycles. The van der Waals surface area contributed by atoms with Crippen LogP contribution < -0.4 is 5.73 Å². The highest BCUT2D eigenvalue weighted by molar-refractivity contribution is 5.85. The van der Waals surface area contributed by atoms with Gasteiger partial charge in [-0.05, 0) is 18.9 Å². The predicted octanol–water partition coefficient (Wildman–Crippen LogP) is 8.63. The zero-order chi connectivity index (χ0) is 20.5. The first-order valence-corrected chi connectivity index (χ1v) is 12.7. The highest BCUT2D eigenvalue weighted by Crippen LogP contribution is 2.15. The molecule has 166 valence electrons. The van der Waals surface area contributed by atoms with Crippen LogP contribution in [0.2, 0.25) is 0 Å². The molecule has 0 saturated heterocycles. The molecule has 0 aliphatic rings. The highest BCUT2D eigenvalue weighted by atomic mass is 16.1.